The largest absolute Gasteiger partial charge is 0.467 e. The number of rotatable bonds is 5. The van der Waals surface area contributed by atoms with Gasteiger partial charge in [-0.3, -0.25) is 9.67 Å². The molecule has 8 nitrogen and oxygen atoms in total. The Kier molecular flexibility index (Phi) is 6.43. The van der Waals surface area contributed by atoms with Crippen LogP contribution in [0.5, 0.6) is 0 Å². The van der Waals surface area contributed by atoms with Gasteiger partial charge in [0.2, 0.25) is 0 Å². The van der Waals surface area contributed by atoms with E-state index in [0.717, 1.165) is 5.56 Å². The van der Waals surface area contributed by atoms with Crippen LogP contribution < -0.4 is 5.32 Å². The number of methoxy groups -OCH3 is 1. The molecule has 0 aliphatic carbocycles. The summed E-state index contributed by atoms with van der Waals surface area (Å²) in [7, 11) is 3.05. The molecule has 2 aromatic rings. The van der Waals surface area contributed by atoms with Crippen LogP contribution in [0.15, 0.2) is 24.7 Å². The van der Waals surface area contributed by atoms with Gasteiger partial charge in [0.1, 0.15) is 11.6 Å². The Morgan fingerprint density at radius 2 is 2.04 bits per heavy atom. The minimum atomic E-state index is -0.958. The highest BCUT2D eigenvalue weighted by Crippen LogP contribution is 2.25. The normalized spacial score (nSPS) is 12.4. The zero-order valence-corrected chi connectivity index (χ0v) is 16.7. The van der Waals surface area contributed by atoms with Crippen molar-refractivity contribution >= 4 is 23.7 Å². The van der Waals surface area contributed by atoms with Gasteiger partial charge in [0, 0.05) is 31.4 Å². The van der Waals surface area contributed by atoms with Gasteiger partial charge in [-0.2, -0.15) is 5.10 Å². The Bertz CT molecular complexity index is 829. The van der Waals surface area contributed by atoms with Gasteiger partial charge >= 0.3 is 12.1 Å². The maximum atomic E-state index is 12.2. The van der Waals surface area contributed by atoms with Gasteiger partial charge in [0.15, 0.2) is 0 Å². The summed E-state index contributed by atoms with van der Waals surface area (Å²) in [5.41, 5.74) is 1.36. The van der Waals surface area contributed by atoms with Gasteiger partial charge in [-0.05, 0) is 32.4 Å². The molecule has 0 aliphatic rings. The van der Waals surface area contributed by atoms with E-state index < -0.39 is 23.7 Å². The Morgan fingerprint density at radius 1 is 1.33 bits per heavy atom. The number of aromatic nitrogens is 3. The summed E-state index contributed by atoms with van der Waals surface area (Å²) >= 11 is 6.09. The molecule has 0 aliphatic heterocycles. The molecule has 1 N–H and O–H groups in total. The monoisotopic (exact) mass is 394 g/mol. The number of nitrogens with zero attached hydrogens (tertiary/aromatic N) is 3. The molecule has 2 rings (SSSR count). The zero-order valence-electron chi connectivity index (χ0n) is 15.9. The second kappa shape index (κ2) is 8.39. The average Bonchev–Trinajstić information content (AvgIpc) is 2.98. The lowest BCUT2D eigenvalue weighted by Crippen LogP contribution is -2.45. The predicted molar refractivity (Wildman–Crippen MR) is 100 cm³/mol. The van der Waals surface area contributed by atoms with E-state index in [9.17, 15) is 9.59 Å². The second-order valence-corrected chi connectivity index (χ2v) is 7.43. The SMILES string of the molecule is COC(=O)[C@H](Cc1cc(Cl)cnc1-c1cnn(C)c1)NC(=O)OC(C)(C)C. The fourth-order valence-corrected chi connectivity index (χ4v) is 2.63. The number of carbonyl (C=O) groups excluding carboxylic acids is 2. The third-order valence-corrected chi connectivity index (χ3v) is 3.72. The average molecular weight is 395 g/mol. The summed E-state index contributed by atoms with van der Waals surface area (Å²) in [6.45, 7) is 5.21. The quantitative estimate of drug-likeness (QED) is 0.783. The first-order valence-corrected chi connectivity index (χ1v) is 8.67. The molecule has 0 bridgehead atoms. The van der Waals surface area contributed by atoms with Crippen molar-refractivity contribution in [2.45, 2.75) is 38.8 Å². The van der Waals surface area contributed by atoms with Crippen LogP contribution in [0.4, 0.5) is 4.79 Å². The molecule has 0 unspecified atom stereocenters. The van der Waals surface area contributed by atoms with Crippen LogP contribution in [0.3, 0.4) is 0 Å². The van der Waals surface area contributed by atoms with Crippen molar-refractivity contribution < 1.29 is 19.1 Å². The molecule has 27 heavy (non-hydrogen) atoms. The van der Waals surface area contributed by atoms with E-state index in [1.165, 1.54) is 13.3 Å². The third-order valence-electron chi connectivity index (χ3n) is 3.51. The highest BCUT2D eigenvalue weighted by molar-refractivity contribution is 6.30. The highest BCUT2D eigenvalue weighted by Gasteiger charge is 2.27. The smallest absolute Gasteiger partial charge is 0.408 e. The lowest BCUT2D eigenvalue weighted by molar-refractivity contribution is -0.143. The molecule has 2 aromatic heterocycles. The van der Waals surface area contributed by atoms with E-state index in [-0.39, 0.29) is 6.42 Å². The Morgan fingerprint density at radius 3 is 2.59 bits per heavy atom. The number of alkyl carbamates (subject to hydrolysis) is 1. The number of esters is 1. The van der Waals surface area contributed by atoms with Crippen LogP contribution in [0.25, 0.3) is 11.3 Å². The van der Waals surface area contributed by atoms with Crippen LogP contribution in [0, 0.1) is 0 Å². The van der Waals surface area contributed by atoms with E-state index >= 15 is 0 Å². The van der Waals surface area contributed by atoms with Crippen molar-refractivity contribution in [1.29, 1.82) is 0 Å². The molecule has 9 heteroatoms. The van der Waals surface area contributed by atoms with E-state index in [4.69, 9.17) is 21.1 Å². The first-order valence-electron chi connectivity index (χ1n) is 8.30. The zero-order chi connectivity index (χ0) is 20.2. The first kappa shape index (κ1) is 20.7. The number of halogens is 1. The van der Waals surface area contributed by atoms with Crippen molar-refractivity contribution in [3.8, 4) is 11.3 Å². The summed E-state index contributed by atoms with van der Waals surface area (Å²) in [4.78, 5) is 28.7. The molecule has 0 fully saturated rings. The molecule has 0 radical (unpaired) electrons. The summed E-state index contributed by atoms with van der Waals surface area (Å²) in [5, 5.41) is 7.10. The molecular weight excluding hydrogens is 372 g/mol. The van der Waals surface area contributed by atoms with Crippen molar-refractivity contribution in [3.05, 3.63) is 35.2 Å². The number of amides is 1. The maximum absolute atomic E-state index is 12.2. The molecule has 0 spiro atoms. The van der Waals surface area contributed by atoms with E-state index in [0.29, 0.717) is 16.3 Å². The van der Waals surface area contributed by atoms with E-state index in [1.54, 1.807) is 51.0 Å². The third kappa shape index (κ3) is 5.96. The second-order valence-electron chi connectivity index (χ2n) is 6.99. The highest BCUT2D eigenvalue weighted by atomic mass is 35.5. The summed E-state index contributed by atoms with van der Waals surface area (Å²) < 4.78 is 11.7. The van der Waals surface area contributed by atoms with Crippen molar-refractivity contribution in [2.24, 2.45) is 7.05 Å². The van der Waals surface area contributed by atoms with E-state index in [1.807, 2.05) is 0 Å². The van der Waals surface area contributed by atoms with Crippen LogP contribution in [0.1, 0.15) is 26.3 Å². The molecule has 0 saturated carbocycles. The minimum absolute atomic E-state index is 0.129. The molecular formula is C18H23ClN4O4. The Hall–Kier alpha value is -2.61. The van der Waals surface area contributed by atoms with Crippen molar-refractivity contribution in [2.75, 3.05) is 7.11 Å². The Labute approximate surface area is 162 Å². The van der Waals surface area contributed by atoms with Gasteiger partial charge in [-0.1, -0.05) is 11.6 Å². The first-order chi connectivity index (χ1) is 12.6. The number of ether oxygens (including phenoxy) is 2. The molecule has 1 amide bonds. The maximum Gasteiger partial charge on any atom is 0.408 e. The molecule has 0 saturated heterocycles. The van der Waals surface area contributed by atoms with Crippen LogP contribution in [0.2, 0.25) is 5.02 Å². The van der Waals surface area contributed by atoms with Crippen LogP contribution >= 0.6 is 11.6 Å². The summed E-state index contributed by atoms with van der Waals surface area (Å²) in [6, 6.07) is 0.740. The fraction of sp³-hybridized carbons (Fsp3) is 0.444. The number of pyridine rings is 1. The molecule has 2 heterocycles. The van der Waals surface area contributed by atoms with Gasteiger partial charge < -0.3 is 14.8 Å². The fourth-order valence-electron chi connectivity index (χ4n) is 2.45. The predicted octanol–water partition coefficient (Wildman–Crippen LogP) is 2.74. The minimum Gasteiger partial charge on any atom is -0.467 e. The number of hydrogen-bond donors (Lipinski definition) is 1. The number of carbonyl (C=O) groups is 2. The molecule has 146 valence electrons. The van der Waals surface area contributed by atoms with Gasteiger partial charge in [-0.15, -0.1) is 0 Å². The molecule has 0 aromatic carbocycles. The summed E-state index contributed by atoms with van der Waals surface area (Å²) in [5.74, 6) is -0.599. The summed E-state index contributed by atoms with van der Waals surface area (Å²) in [6.07, 6.45) is 4.39. The number of aryl methyl sites for hydroxylation is 1. The van der Waals surface area contributed by atoms with Gasteiger partial charge in [0.25, 0.3) is 0 Å². The van der Waals surface area contributed by atoms with Crippen molar-refractivity contribution in [1.82, 2.24) is 20.1 Å². The van der Waals surface area contributed by atoms with Crippen LogP contribution in [-0.4, -0.2) is 45.6 Å². The van der Waals surface area contributed by atoms with E-state index in [2.05, 4.69) is 15.4 Å². The molecule has 1 atom stereocenters. The number of nitrogens with one attached hydrogen (secondary N) is 1. The topological polar surface area (TPSA) is 95.3 Å². The Balaban J connectivity index is 2.30. The van der Waals surface area contributed by atoms with Crippen molar-refractivity contribution in [3.63, 3.8) is 0 Å². The van der Waals surface area contributed by atoms with Crippen LogP contribution in [-0.2, 0) is 27.7 Å². The van der Waals surface area contributed by atoms with Gasteiger partial charge in [0.05, 0.1) is 24.0 Å². The lowest BCUT2D eigenvalue weighted by Gasteiger charge is -2.23. The number of hydrogen-bond acceptors (Lipinski definition) is 6. The van der Waals surface area contributed by atoms with Gasteiger partial charge in [-0.25, -0.2) is 9.59 Å². The standard InChI is InChI=1S/C18H23ClN4O4/c1-18(2,3)27-17(25)22-14(16(24)26-5)7-11-6-13(19)9-20-15(11)12-8-21-23(4)10-12/h6,8-10,14H,7H2,1-5H3,(H,22,25)/t14-/m0/s1. The lowest BCUT2D eigenvalue weighted by atomic mass is 10.0.